The van der Waals surface area contributed by atoms with Crippen molar-refractivity contribution in [3.8, 4) is 0 Å². The summed E-state index contributed by atoms with van der Waals surface area (Å²) in [7, 11) is 3.52. The molecule has 2 aliphatic heterocycles. The number of amides is 3. The molecule has 1 aromatic carbocycles. The van der Waals surface area contributed by atoms with Crippen LogP contribution >= 0.6 is 12.4 Å². The smallest absolute Gasteiger partial charge is 0.319 e. The average molecular weight is 367 g/mol. The van der Waals surface area contributed by atoms with Crippen molar-refractivity contribution in [3.63, 3.8) is 0 Å². The summed E-state index contributed by atoms with van der Waals surface area (Å²) in [4.78, 5) is 30.3. The van der Waals surface area contributed by atoms with Crippen molar-refractivity contribution in [2.24, 2.45) is 5.92 Å². The molecule has 0 spiro atoms. The Bertz CT molecular complexity index is 642. The summed E-state index contributed by atoms with van der Waals surface area (Å²) in [6.45, 7) is 2.04. The maximum atomic E-state index is 13.0. The van der Waals surface area contributed by atoms with E-state index in [0.29, 0.717) is 13.1 Å². The van der Waals surface area contributed by atoms with Crippen LogP contribution in [-0.2, 0) is 11.2 Å². The van der Waals surface area contributed by atoms with E-state index in [0.717, 1.165) is 49.2 Å². The van der Waals surface area contributed by atoms with Gasteiger partial charge in [0.15, 0.2) is 0 Å². The predicted octanol–water partition coefficient (Wildman–Crippen LogP) is 2.36. The summed E-state index contributed by atoms with van der Waals surface area (Å²) in [6, 6.07) is 5.83. The van der Waals surface area contributed by atoms with Crippen LogP contribution in [0.25, 0.3) is 0 Å². The van der Waals surface area contributed by atoms with E-state index >= 15 is 0 Å². The molecule has 6 nitrogen and oxygen atoms in total. The van der Waals surface area contributed by atoms with Gasteiger partial charge in [-0.1, -0.05) is 6.07 Å². The molecule has 0 radical (unpaired) electrons. The zero-order chi connectivity index (χ0) is 17.3. The quantitative estimate of drug-likeness (QED) is 0.776. The highest BCUT2D eigenvalue weighted by atomic mass is 35.5. The number of anilines is 2. The van der Waals surface area contributed by atoms with Crippen molar-refractivity contribution >= 4 is 35.7 Å². The van der Waals surface area contributed by atoms with Crippen LogP contribution in [0.5, 0.6) is 0 Å². The monoisotopic (exact) mass is 366 g/mol. The van der Waals surface area contributed by atoms with Crippen molar-refractivity contribution in [1.29, 1.82) is 0 Å². The second-order valence-electron chi connectivity index (χ2n) is 6.88. The second kappa shape index (κ2) is 7.95. The summed E-state index contributed by atoms with van der Waals surface area (Å²) in [5, 5.41) is 0. The van der Waals surface area contributed by atoms with Crippen molar-refractivity contribution in [2.45, 2.75) is 25.7 Å². The third kappa shape index (κ3) is 3.84. The highest BCUT2D eigenvalue weighted by Gasteiger charge is 2.33. The number of rotatable bonds is 1. The maximum absolute atomic E-state index is 13.0. The Labute approximate surface area is 155 Å². The Morgan fingerprint density at radius 3 is 2.48 bits per heavy atom. The van der Waals surface area contributed by atoms with Gasteiger partial charge in [-0.3, -0.25) is 4.79 Å². The van der Waals surface area contributed by atoms with Crippen molar-refractivity contribution in [1.82, 2.24) is 9.80 Å². The minimum absolute atomic E-state index is 0. The molecular formula is C18H27ClN4O2. The van der Waals surface area contributed by atoms with Crippen molar-refractivity contribution in [3.05, 3.63) is 23.8 Å². The number of carbonyl (C=O) groups excluding carboxylic acids is 2. The number of hydrogen-bond acceptors (Lipinski definition) is 3. The third-order valence-electron chi connectivity index (χ3n) is 5.05. The number of piperidine rings is 1. The molecule has 0 aliphatic carbocycles. The lowest BCUT2D eigenvalue weighted by Crippen LogP contribution is -2.48. The lowest BCUT2D eigenvalue weighted by Gasteiger charge is -2.37. The van der Waals surface area contributed by atoms with Gasteiger partial charge in [0.05, 0.1) is 0 Å². The number of nitrogen functional groups attached to an aromatic ring is 1. The number of hydrogen-bond donors (Lipinski definition) is 1. The van der Waals surface area contributed by atoms with Gasteiger partial charge in [-0.05, 0) is 43.4 Å². The van der Waals surface area contributed by atoms with Crippen LogP contribution in [0, 0.1) is 5.92 Å². The first-order valence-corrected chi connectivity index (χ1v) is 8.64. The molecule has 0 unspecified atom stereocenters. The Hall–Kier alpha value is -1.95. The molecule has 25 heavy (non-hydrogen) atoms. The van der Waals surface area contributed by atoms with E-state index in [1.165, 1.54) is 0 Å². The average Bonchev–Trinajstić information content (AvgIpc) is 2.60. The highest BCUT2D eigenvalue weighted by molar-refractivity contribution is 5.97. The van der Waals surface area contributed by atoms with Crippen LogP contribution < -0.4 is 10.6 Å². The van der Waals surface area contributed by atoms with Crippen molar-refractivity contribution in [2.75, 3.05) is 44.4 Å². The first kappa shape index (κ1) is 19.4. The fourth-order valence-electron chi connectivity index (χ4n) is 3.70. The van der Waals surface area contributed by atoms with Gasteiger partial charge in [-0.25, -0.2) is 4.79 Å². The summed E-state index contributed by atoms with van der Waals surface area (Å²) in [5.41, 5.74) is 8.91. The number of fused-ring (bicyclic) bond motifs is 1. The first-order chi connectivity index (χ1) is 11.5. The summed E-state index contributed by atoms with van der Waals surface area (Å²) in [6.07, 6.45) is 3.34. The molecule has 1 aromatic rings. The number of urea groups is 1. The van der Waals surface area contributed by atoms with E-state index in [1.807, 2.05) is 28.0 Å². The molecule has 0 saturated carbocycles. The number of nitrogens with zero attached hydrogens (tertiary/aromatic N) is 3. The normalized spacial score (nSPS) is 17.5. The van der Waals surface area contributed by atoms with Crippen LogP contribution in [0.2, 0.25) is 0 Å². The van der Waals surface area contributed by atoms with E-state index in [4.69, 9.17) is 5.73 Å². The Balaban J connectivity index is 0.00000225. The Morgan fingerprint density at radius 1 is 1.16 bits per heavy atom. The summed E-state index contributed by atoms with van der Waals surface area (Å²) in [5.74, 6) is 0.169. The van der Waals surface area contributed by atoms with Crippen LogP contribution in [0.4, 0.5) is 16.2 Å². The fourth-order valence-corrected chi connectivity index (χ4v) is 3.70. The highest BCUT2D eigenvalue weighted by Crippen LogP contribution is 2.33. The fraction of sp³-hybridized carbons (Fsp3) is 0.556. The van der Waals surface area contributed by atoms with E-state index in [2.05, 4.69) is 0 Å². The largest absolute Gasteiger partial charge is 0.398 e. The van der Waals surface area contributed by atoms with Gasteiger partial charge in [0.1, 0.15) is 0 Å². The van der Waals surface area contributed by atoms with Gasteiger partial charge in [0.2, 0.25) is 5.91 Å². The van der Waals surface area contributed by atoms with E-state index in [1.54, 1.807) is 19.0 Å². The zero-order valence-electron chi connectivity index (χ0n) is 14.9. The maximum Gasteiger partial charge on any atom is 0.319 e. The van der Waals surface area contributed by atoms with Gasteiger partial charge in [0, 0.05) is 51.0 Å². The summed E-state index contributed by atoms with van der Waals surface area (Å²) < 4.78 is 0. The SMILES string of the molecule is CN(C)C(=O)N1CCC(C(=O)N2CCCc3c(N)cccc32)CC1.Cl. The number of likely N-dealkylation sites (tertiary alicyclic amines) is 1. The molecule has 3 amide bonds. The van der Waals surface area contributed by atoms with E-state index in [9.17, 15) is 9.59 Å². The van der Waals surface area contributed by atoms with Gasteiger partial charge in [-0.2, -0.15) is 0 Å². The standard InChI is InChI=1S/C18H26N4O2.ClH/c1-20(2)18(24)21-11-8-13(9-12-21)17(23)22-10-4-5-14-15(19)6-3-7-16(14)22;/h3,6-7,13H,4-5,8-12,19H2,1-2H3;1H. The molecule has 138 valence electrons. The molecule has 2 aliphatic rings. The lowest BCUT2D eigenvalue weighted by molar-refractivity contribution is -0.123. The van der Waals surface area contributed by atoms with Gasteiger partial charge in [-0.15, -0.1) is 12.4 Å². The van der Waals surface area contributed by atoms with Gasteiger partial charge in [0.25, 0.3) is 0 Å². The molecule has 0 atom stereocenters. The van der Waals surface area contributed by atoms with Gasteiger partial charge >= 0.3 is 6.03 Å². The molecule has 3 rings (SSSR count). The van der Waals surface area contributed by atoms with Crippen LogP contribution in [0.3, 0.4) is 0 Å². The number of carbonyl (C=O) groups is 2. The first-order valence-electron chi connectivity index (χ1n) is 8.64. The van der Waals surface area contributed by atoms with Gasteiger partial charge < -0.3 is 20.4 Å². The van der Waals surface area contributed by atoms with E-state index < -0.39 is 0 Å². The Kier molecular flexibility index (Phi) is 6.16. The molecular weight excluding hydrogens is 340 g/mol. The molecule has 1 fully saturated rings. The number of nitrogens with two attached hydrogens (primary N) is 1. The molecule has 2 heterocycles. The van der Waals surface area contributed by atoms with Crippen LogP contribution in [0.1, 0.15) is 24.8 Å². The minimum Gasteiger partial charge on any atom is -0.398 e. The topological polar surface area (TPSA) is 69.9 Å². The lowest BCUT2D eigenvalue weighted by atomic mass is 9.93. The zero-order valence-corrected chi connectivity index (χ0v) is 15.7. The van der Waals surface area contributed by atoms with Crippen LogP contribution in [0.15, 0.2) is 18.2 Å². The predicted molar refractivity (Wildman–Crippen MR) is 102 cm³/mol. The minimum atomic E-state index is -0.0106. The van der Waals surface area contributed by atoms with E-state index in [-0.39, 0.29) is 30.3 Å². The number of benzene rings is 1. The molecule has 7 heteroatoms. The van der Waals surface area contributed by atoms with Crippen molar-refractivity contribution < 1.29 is 9.59 Å². The third-order valence-corrected chi connectivity index (χ3v) is 5.05. The molecule has 0 aromatic heterocycles. The summed E-state index contributed by atoms with van der Waals surface area (Å²) >= 11 is 0. The Morgan fingerprint density at radius 2 is 1.84 bits per heavy atom. The van der Waals surface area contributed by atoms with Crippen LogP contribution in [-0.4, -0.2) is 55.5 Å². The molecule has 2 N–H and O–H groups in total. The number of halogens is 1. The molecule has 0 bridgehead atoms. The second-order valence-corrected chi connectivity index (χ2v) is 6.88. The molecule has 1 saturated heterocycles.